The molecule has 16 heavy (non-hydrogen) atoms. The molecular formula is C12H14FN3. The average molecular weight is 219 g/mol. The molecule has 84 valence electrons. The molecule has 0 aliphatic heterocycles. The van der Waals surface area contributed by atoms with E-state index in [1.165, 1.54) is 12.1 Å². The monoisotopic (exact) mass is 219 g/mol. The highest BCUT2D eigenvalue weighted by Crippen LogP contribution is 2.15. The Kier molecular flexibility index (Phi) is 3.01. The van der Waals surface area contributed by atoms with Gasteiger partial charge in [-0.05, 0) is 36.2 Å². The largest absolute Gasteiger partial charge is 0.330 e. The lowest BCUT2D eigenvalue weighted by atomic mass is 10.1. The van der Waals surface area contributed by atoms with Crippen LogP contribution in [0.4, 0.5) is 4.39 Å². The van der Waals surface area contributed by atoms with E-state index in [0.29, 0.717) is 6.54 Å². The van der Waals surface area contributed by atoms with E-state index in [1.54, 1.807) is 16.9 Å². The highest BCUT2D eigenvalue weighted by atomic mass is 19.1. The van der Waals surface area contributed by atoms with Crippen LogP contribution in [0.2, 0.25) is 0 Å². The van der Waals surface area contributed by atoms with Gasteiger partial charge in [0.2, 0.25) is 0 Å². The highest BCUT2D eigenvalue weighted by molar-refractivity contribution is 5.32. The van der Waals surface area contributed by atoms with Crippen LogP contribution < -0.4 is 5.73 Å². The smallest absolute Gasteiger partial charge is 0.125 e. The number of benzene rings is 1. The van der Waals surface area contributed by atoms with Crippen molar-refractivity contribution in [3.63, 3.8) is 0 Å². The molecule has 2 aromatic rings. The molecule has 1 aromatic heterocycles. The van der Waals surface area contributed by atoms with E-state index in [2.05, 4.69) is 5.10 Å². The van der Waals surface area contributed by atoms with E-state index >= 15 is 0 Å². The summed E-state index contributed by atoms with van der Waals surface area (Å²) in [6.07, 6.45) is 3.65. The Labute approximate surface area is 93.7 Å². The molecule has 0 bridgehead atoms. The summed E-state index contributed by atoms with van der Waals surface area (Å²) in [5, 5.41) is 4.19. The number of hydrogen-bond acceptors (Lipinski definition) is 2. The van der Waals surface area contributed by atoms with Crippen molar-refractivity contribution in [2.45, 2.75) is 12.8 Å². The predicted octanol–water partition coefficient (Wildman–Crippen LogP) is 2.07. The Morgan fingerprint density at radius 3 is 3.00 bits per heavy atom. The highest BCUT2D eigenvalue weighted by Gasteiger charge is 2.07. The Bertz CT molecular complexity index is 479. The molecule has 2 rings (SSSR count). The minimum Gasteiger partial charge on any atom is -0.330 e. The molecule has 1 aromatic carbocycles. The number of halogens is 1. The van der Waals surface area contributed by atoms with Gasteiger partial charge in [-0.15, -0.1) is 0 Å². The maximum absolute atomic E-state index is 13.0. The third-order valence-electron chi connectivity index (χ3n) is 2.60. The van der Waals surface area contributed by atoms with Crippen LogP contribution in [0.3, 0.4) is 0 Å². The summed E-state index contributed by atoms with van der Waals surface area (Å²) in [7, 11) is 0. The zero-order valence-corrected chi connectivity index (χ0v) is 9.10. The summed E-state index contributed by atoms with van der Waals surface area (Å²) in [5.41, 5.74) is 7.36. The van der Waals surface area contributed by atoms with Crippen molar-refractivity contribution in [2.24, 2.45) is 5.73 Å². The third kappa shape index (κ3) is 2.12. The normalized spacial score (nSPS) is 12.7. The fourth-order valence-corrected chi connectivity index (χ4v) is 1.49. The first kappa shape index (κ1) is 10.8. The average Bonchev–Trinajstić information content (AvgIpc) is 2.77. The second kappa shape index (κ2) is 4.45. The van der Waals surface area contributed by atoms with Crippen LogP contribution >= 0.6 is 0 Å². The minimum atomic E-state index is -0.263. The van der Waals surface area contributed by atoms with Crippen LogP contribution in [0, 0.1) is 5.82 Å². The summed E-state index contributed by atoms with van der Waals surface area (Å²) in [6.45, 7) is 2.61. The molecule has 0 saturated heterocycles. The molecule has 1 atom stereocenters. The first-order chi connectivity index (χ1) is 7.70. The quantitative estimate of drug-likeness (QED) is 0.858. The molecule has 0 amide bonds. The SMILES string of the molecule is CC(CN)c1cnn(-c2cccc(F)c2)c1. The molecule has 0 radical (unpaired) electrons. The van der Waals surface area contributed by atoms with Gasteiger partial charge in [-0.1, -0.05) is 13.0 Å². The van der Waals surface area contributed by atoms with E-state index in [4.69, 9.17) is 5.73 Å². The Morgan fingerprint density at radius 1 is 1.50 bits per heavy atom. The Balaban J connectivity index is 2.31. The van der Waals surface area contributed by atoms with Crippen molar-refractivity contribution in [2.75, 3.05) is 6.54 Å². The predicted molar refractivity (Wildman–Crippen MR) is 61.0 cm³/mol. The van der Waals surface area contributed by atoms with Gasteiger partial charge in [-0.2, -0.15) is 5.10 Å². The van der Waals surface area contributed by atoms with Crippen LogP contribution in [0.5, 0.6) is 0 Å². The second-order valence-corrected chi connectivity index (χ2v) is 3.83. The van der Waals surface area contributed by atoms with Gasteiger partial charge in [0.05, 0.1) is 11.9 Å². The maximum atomic E-state index is 13.0. The lowest BCUT2D eigenvalue weighted by Gasteiger charge is -2.03. The molecule has 1 heterocycles. The number of hydrogen-bond donors (Lipinski definition) is 1. The summed E-state index contributed by atoms with van der Waals surface area (Å²) in [5.74, 6) is 0.00346. The van der Waals surface area contributed by atoms with Crippen molar-refractivity contribution in [3.05, 3.63) is 48.0 Å². The van der Waals surface area contributed by atoms with Crippen LogP contribution in [-0.4, -0.2) is 16.3 Å². The second-order valence-electron chi connectivity index (χ2n) is 3.83. The number of nitrogens with zero attached hydrogens (tertiary/aromatic N) is 2. The molecule has 0 aliphatic rings. The van der Waals surface area contributed by atoms with Gasteiger partial charge in [-0.25, -0.2) is 9.07 Å². The van der Waals surface area contributed by atoms with Gasteiger partial charge in [0.25, 0.3) is 0 Å². The first-order valence-corrected chi connectivity index (χ1v) is 5.21. The number of nitrogens with two attached hydrogens (primary N) is 1. The molecule has 4 heteroatoms. The zero-order valence-electron chi connectivity index (χ0n) is 9.10. The fraction of sp³-hybridized carbons (Fsp3) is 0.250. The van der Waals surface area contributed by atoms with Crippen molar-refractivity contribution in [1.29, 1.82) is 0 Å². The van der Waals surface area contributed by atoms with E-state index in [1.807, 2.05) is 19.2 Å². The molecule has 2 N–H and O–H groups in total. The van der Waals surface area contributed by atoms with E-state index < -0.39 is 0 Å². The van der Waals surface area contributed by atoms with Gasteiger partial charge in [0.1, 0.15) is 5.82 Å². The molecule has 0 spiro atoms. The lowest BCUT2D eigenvalue weighted by molar-refractivity contribution is 0.625. The summed E-state index contributed by atoms with van der Waals surface area (Å²) in [4.78, 5) is 0. The van der Waals surface area contributed by atoms with Gasteiger partial charge < -0.3 is 5.73 Å². The van der Waals surface area contributed by atoms with Crippen LogP contribution in [0.25, 0.3) is 5.69 Å². The molecular weight excluding hydrogens is 205 g/mol. The Morgan fingerprint density at radius 2 is 2.31 bits per heavy atom. The van der Waals surface area contributed by atoms with Gasteiger partial charge in [-0.3, -0.25) is 0 Å². The maximum Gasteiger partial charge on any atom is 0.125 e. The summed E-state index contributed by atoms with van der Waals surface area (Å²) in [6, 6.07) is 6.34. The molecule has 1 unspecified atom stereocenters. The third-order valence-corrected chi connectivity index (χ3v) is 2.60. The summed E-state index contributed by atoms with van der Waals surface area (Å²) >= 11 is 0. The fourth-order valence-electron chi connectivity index (χ4n) is 1.49. The van der Waals surface area contributed by atoms with Crippen LogP contribution in [-0.2, 0) is 0 Å². The van der Waals surface area contributed by atoms with Gasteiger partial charge in [0.15, 0.2) is 0 Å². The number of rotatable bonds is 3. The van der Waals surface area contributed by atoms with Crippen LogP contribution in [0.15, 0.2) is 36.7 Å². The van der Waals surface area contributed by atoms with E-state index in [9.17, 15) is 4.39 Å². The van der Waals surface area contributed by atoms with E-state index in [0.717, 1.165) is 11.3 Å². The van der Waals surface area contributed by atoms with Crippen LogP contribution in [0.1, 0.15) is 18.4 Å². The topological polar surface area (TPSA) is 43.8 Å². The molecule has 3 nitrogen and oxygen atoms in total. The number of aromatic nitrogens is 2. The summed E-state index contributed by atoms with van der Waals surface area (Å²) < 4.78 is 14.7. The standard InChI is InChI=1S/C12H14FN3/c1-9(6-14)10-7-15-16(8-10)12-4-2-3-11(13)5-12/h2-5,7-9H,6,14H2,1H3. The molecule has 0 saturated carbocycles. The zero-order chi connectivity index (χ0) is 11.5. The van der Waals surface area contributed by atoms with Crippen molar-refractivity contribution < 1.29 is 4.39 Å². The van der Waals surface area contributed by atoms with Gasteiger partial charge >= 0.3 is 0 Å². The van der Waals surface area contributed by atoms with Crippen molar-refractivity contribution >= 4 is 0 Å². The molecule has 0 fully saturated rings. The van der Waals surface area contributed by atoms with Crippen molar-refractivity contribution in [3.8, 4) is 5.69 Å². The lowest BCUT2D eigenvalue weighted by Crippen LogP contribution is -2.07. The van der Waals surface area contributed by atoms with Gasteiger partial charge in [0, 0.05) is 6.20 Å². The van der Waals surface area contributed by atoms with E-state index in [-0.39, 0.29) is 11.7 Å². The van der Waals surface area contributed by atoms with Crippen molar-refractivity contribution in [1.82, 2.24) is 9.78 Å². The Hall–Kier alpha value is -1.68. The minimum absolute atomic E-state index is 0.263. The first-order valence-electron chi connectivity index (χ1n) is 5.21. The molecule has 0 aliphatic carbocycles.